The predicted octanol–water partition coefficient (Wildman–Crippen LogP) is 3.19. The van der Waals surface area contributed by atoms with Gasteiger partial charge in [0.2, 0.25) is 15.9 Å². The number of sulfonamides is 1. The van der Waals surface area contributed by atoms with E-state index in [2.05, 4.69) is 10.0 Å². The second kappa shape index (κ2) is 9.15. The van der Waals surface area contributed by atoms with Gasteiger partial charge in [-0.15, -0.1) is 0 Å². The molecule has 2 aromatic rings. The molecule has 2 aromatic carbocycles. The summed E-state index contributed by atoms with van der Waals surface area (Å²) in [5.74, 6) is -0.436. The molecule has 2 aliphatic rings. The number of rotatable bonds is 5. The van der Waals surface area contributed by atoms with Gasteiger partial charge in [-0.05, 0) is 75.4 Å². The third kappa shape index (κ3) is 4.89. The Kier molecular flexibility index (Phi) is 6.45. The maximum Gasteiger partial charge on any atom is 0.324 e. The Bertz CT molecular complexity index is 1190. The van der Waals surface area contributed by atoms with E-state index < -0.39 is 22.0 Å². The molecule has 33 heavy (non-hydrogen) atoms. The number of hydrogen-bond donors (Lipinski definition) is 2. The fraction of sp³-hybridized carbons (Fsp3) is 0.417. The smallest absolute Gasteiger partial charge is 0.324 e. The molecule has 0 spiro atoms. The largest absolute Gasteiger partial charge is 0.324 e. The molecule has 0 unspecified atom stereocenters. The first kappa shape index (κ1) is 23.3. The Morgan fingerprint density at radius 1 is 1.00 bits per heavy atom. The molecule has 0 aliphatic carbocycles. The molecule has 3 amide bonds. The fourth-order valence-corrected chi connectivity index (χ4v) is 5.63. The molecule has 176 valence electrons. The van der Waals surface area contributed by atoms with Gasteiger partial charge in [0.15, 0.2) is 0 Å². The summed E-state index contributed by atoms with van der Waals surface area (Å²) in [7, 11) is -3.91. The second-order valence-corrected chi connectivity index (χ2v) is 10.5. The highest BCUT2D eigenvalue weighted by atomic mass is 32.2. The van der Waals surface area contributed by atoms with Crippen molar-refractivity contribution in [1.82, 2.24) is 9.62 Å². The molecule has 2 heterocycles. The van der Waals surface area contributed by atoms with Crippen molar-refractivity contribution in [3.63, 3.8) is 0 Å². The number of anilines is 2. The highest BCUT2D eigenvalue weighted by Crippen LogP contribution is 2.31. The molecule has 0 radical (unpaired) electrons. The van der Waals surface area contributed by atoms with Gasteiger partial charge in [-0.2, -0.15) is 4.72 Å². The predicted molar refractivity (Wildman–Crippen MR) is 128 cm³/mol. The third-order valence-corrected chi connectivity index (χ3v) is 7.77. The minimum Gasteiger partial charge on any atom is -0.324 e. The van der Waals surface area contributed by atoms with Crippen molar-refractivity contribution >= 4 is 33.3 Å². The minimum absolute atomic E-state index is 0.0170. The van der Waals surface area contributed by atoms with Crippen LogP contribution in [0.1, 0.15) is 36.5 Å². The topological polar surface area (TPSA) is 98.8 Å². The van der Waals surface area contributed by atoms with Gasteiger partial charge in [0.25, 0.3) is 0 Å². The van der Waals surface area contributed by atoms with Gasteiger partial charge >= 0.3 is 6.03 Å². The molecule has 0 bridgehead atoms. The van der Waals surface area contributed by atoms with Crippen molar-refractivity contribution in [3.8, 4) is 0 Å². The average molecular weight is 471 g/mol. The van der Waals surface area contributed by atoms with E-state index in [1.165, 1.54) is 13.0 Å². The molecule has 8 nitrogen and oxygen atoms in total. The van der Waals surface area contributed by atoms with Gasteiger partial charge in [-0.3, -0.25) is 9.69 Å². The number of nitrogens with one attached hydrogen (secondary N) is 2. The van der Waals surface area contributed by atoms with Crippen molar-refractivity contribution in [2.24, 2.45) is 0 Å². The molecule has 9 heteroatoms. The number of aryl methyl sites for hydroxylation is 2. The van der Waals surface area contributed by atoms with E-state index in [9.17, 15) is 18.0 Å². The number of urea groups is 1. The number of carbonyl (C=O) groups is 2. The summed E-state index contributed by atoms with van der Waals surface area (Å²) in [4.78, 5) is 29.0. The highest BCUT2D eigenvalue weighted by Gasteiger charge is 2.31. The Morgan fingerprint density at radius 3 is 2.42 bits per heavy atom. The number of benzene rings is 2. The van der Waals surface area contributed by atoms with Crippen LogP contribution in [0.25, 0.3) is 0 Å². The summed E-state index contributed by atoms with van der Waals surface area (Å²) in [5, 5.41) is 2.78. The van der Waals surface area contributed by atoms with Gasteiger partial charge < -0.3 is 10.2 Å². The molecule has 1 fully saturated rings. The number of carbonyl (C=O) groups excluding carboxylic acids is 2. The van der Waals surface area contributed by atoms with Gasteiger partial charge in [-0.1, -0.05) is 17.7 Å². The zero-order valence-electron chi connectivity index (χ0n) is 19.2. The zero-order valence-corrected chi connectivity index (χ0v) is 20.0. The van der Waals surface area contributed by atoms with E-state index in [1.807, 2.05) is 30.9 Å². The third-order valence-electron chi connectivity index (χ3n) is 6.23. The molecule has 2 N–H and O–H groups in total. The lowest BCUT2D eigenvalue weighted by Crippen LogP contribution is -2.41. The van der Waals surface area contributed by atoms with Crippen LogP contribution in [0.2, 0.25) is 0 Å². The van der Waals surface area contributed by atoms with E-state index >= 15 is 0 Å². The molecule has 1 saturated heterocycles. The van der Waals surface area contributed by atoms with Crippen LogP contribution in [0.3, 0.4) is 0 Å². The first-order valence-electron chi connectivity index (χ1n) is 11.3. The Morgan fingerprint density at radius 2 is 1.73 bits per heavy atom. The van der Waals surface area contributed by atoms with Crippen LogP contribution in [-0.4, -0.2) is 50.9 Å². The Balaban J connectivity index is 1.45. The van der Waals surface area contributed by atoms with Crippen LogP contribution in [0.15, 0.2) is 41.3 Å². The number of hydrogen-bond acceptors (Lipinski definition) is 4. The Labute approximate surface area is 195 Å². The average Bonchev–Trinajstić information content (AvgIpc) is 3.44. The minimum atomic E-state index is -3.91. The van der Waals surface area contributed by atoms with Gasteiger partial charge in [0.1, 0.15) is 0 Å². The summed E-state index contributed by atoms with van der Waals surface area (Å²) in [6, 6.07) is 9.45. The number of fused-ring (bicyclic) bond motifs is 1. The summed E-state index contributed by atoms with van der Waals surface area (Å²) < 4.78 is 28.4. The molecule has 1 atom stereocenters. The van der Waals surface area contributed by atoms with Crippen LogP contribution < -0.4 is 14.9 Å². The number of amides is 3. The normalized spacial score (nSPS) is 16.6. The standard InChI is InChI=1S/C24H30N4O4S/c1-16-6-8-21(17(2)14-16)25-23(29)18(3)26-33(31,32)20-7-9-22-19(15-20)10-13-28(22)24(30)27-11-4-5-12-27/h6-9,14-15,18,26H,4-5,10-13H2,1-3H3,(H,25,29)/t18-/m1/s1. The van der Waals surface area contributed by atoms with E-state index in [4.69, 9.17) is 0 Å². The van der Waals surface area contributed by atoms with Crippen molar-refractivity contribution in [1.29, 1.82) is 0 Å². The van der Waals surface area contributed by atoms with E-state index in [-0.39, 0.29) is 10.9 Å². The lowest BCUT2D eigenvalue weighted by molar-refractivity contribution is -0.117. The lowest BCUT2D eigenvalue weighted by Gasteiger charge is -2.24. The first-order chi connectivity index (χ1) is 15.7. The van der Waals surface area contributed by atoms with Crippen molar-refractivity contribution in [2.45, 2.75) is 51.0 Å². The summed E-state index contributed by atoms with van der Waals surface area (Å²) in [6.45, 7) is 7.44. The molecule has 4 rings (SSSR count). The first-order valence-corrected chi connectivity index (χ1v) is 12.7. The van der Waals surface area contributed by atoms with Gasteiger partial charge in [-0.25, -0.2) is 13.2 Å². The SMILES string of the molecule is Cc1ccc(NC(=O)[C@@H](C)NS(=O)(=O)c2ccc3c(c2)CCN3C(=O)N2CCCC2)c(C)c1. The lowest BCUT2D eigenvalue weighted by atomic mass is 10.1. The maximum absolute atomic E-state index is 13.0. The second-order valence-electron chi connectivity index (χ2n) is 8.82. The quantitative estimate of drug-likeness (QED) is 0.701. The van der Waals surface area contributed by atoms with Crippen LogP contribution >= 0.6 is 0 Å². The van der Waals surface area contributed by atoms with E-state index in [1.54, 1.807) is 23.1 Å². The summed E-state index contributed by atoms with van der Waals surface area (Å²) >= 11 is 0. The van der Waals surface area contributed by atoms with Crippen molar-refractivity contribution in [2.75, 3.05) is 29.9 Å². The number of nitrogens with zero attached hydrogens (tertiary/aromatic N) is 2. The van der Waals surface area contributed by atoms with E-state index in [0.717, 1.165) is 48.3 Å². The zero-order chi connectivity index (χ0) is 23.8. The monoisotopic (exact) mass is 470 g/mol. The van der Waals surface area contributed by atoms with E-state index in [0.29, 0.717) is 18.7 Å². The number of likely N-dealkylation sites (tertiary alicyclic amines) is 1. The molecule has 0 saturated carbocycles. The molecular formula is C24H30N4O4S. The maximum atomic E-state index is 13.0. The molecule has 2 aliphatic heterocycles. The summed E-state index contributed by atoms with van der Waals surface area (Å²) in [6.07, 6.45) is 2.63. The van der Waals surface area contributed by atoms with Crippen LogP contribution in [0, 0.1) is 13.8 Å². The van der Waals surface area contributed by atoms with Crippen molar-refractivity contribution in [3.05, 3.63) is 53.1 Å². The van der Waals surface area contributed by atoms with Crippen LogP contribution in [0.4, 0.5) is 16.2 Å². The molecular weight excluding hydrogens is 440 g/mol. The van der Waals surface area contributed by atoms with Crippen molar-refractivity contribution < 1.29 is 18.0 Å². The Hall–Kier alpha value is -2.91. The van der Waals surface area contributed by atoms with Crippen LogP contribution in [-0.2, 0) is 21.2 Å². The van der Waals surface area contributed by atoms with Gasteiger partial charge in [0, 0.05) is 31.0 Å². The molecule has 0 aromatic heterocycles. The summed E-state index contributed by atoms with van der Waals surface area (Å²) in [5.41, 5.74) is 4.21. The van der Waals surface area contributed by atoms with Crippen LogP contribution in [0.5, 0.6) is 0 Å². The van der Waals surface area contributed by atoms with Gasteiger partial charge in [0.05, 0.1) is 10.9 Å². The highest BCUT2D eigenvalue weighted by molar-refractivity contribution is 7.89. The fourth-order valence-electron chi connectivity index (χ4n) is 4.37.